The lowest BCUT2D eigenvalue weighted by atomic mass is 10.2. The van der Waals surface area contributed by atoms with Crippen LogP contribution in [0, 0.1) is 13.8 Å². The van der Waals surface area contributed by atoms with E-state index in [1.165, 1.54) is 0 Å². The first-order valence-corrected chi connectivity index (χ1v) is 8.63. The number of aryl methyl sites for hydroxylation is 2. The monoisotopic (exact) mass is 299 g/mol. The zero-order chi connectivity index (χ0) is 15.2. The number of hydrogen-bond acceptors (Lipinski definition) is 4. The van der Waals surface area contributed by atoms with E-state index in [1.54, 1.807) is 6.07 Å². The molecule has 0 aromatic carbocycles. The molecule has 0 aliphatic carbocycles. The second-order valence-corrected chi connectivity index (χ2v) is 7.25. The molecule has 5 nitrogen and oxygen atoms in total. The van der Waals surface area contributed by atoms with Gasteiger partial charge in [-0.2, -0.15) is 0 Å². The molecule has 0 radical (unpaired) electrons. The summed E-state index contributed by atoms with van der Waals surface area (Å²) in [5.41, 5.74) is 1.81. The SMILES string of the molecule is Cc1cc(C)nc(NS(=O)(=O)CCCCNC(C)C)c1. The minimum absolute atomic E-state index is 0.126. The molecule has 6 heteroatoms. The Morgan fingerprint density at radius 2 is 1.90 bits per heavy atom. The van der Waals surface area contributed by atoms with Crippen molar-refractivity contribution in [1.82, 2.24) is 10.3 Å². The summed E-state index contributed by atoms with van der Waals surface area (Å²) in [4.78, 5) is 4.18. The molecule has 1 aromatic rings. The van der Waals surface area contributed by atoms with Crippen LogP contribution in [-0.2, 0) is 10.0 Å². The second-order valence-electron chi connectivity index (χ2n) is 5.41. The van der Waals surface area contributed by atoms with Gasteiger partial charge in [-0.05, 0) is 50.9 Å². The Balaban J connectivity index is 2.45. The van der Waals surface area contributed by atoms with E-state index in [9.17, 15) is 8.42 Å². The molecule has 0 aliphatic heterocycles. The van der Waals surface area contributed by atoms with E-state index >= 15 is 0 Å². The van der Waals surface area contributed by atoms with Crippen LogP contribution in [0.25, 0.3) is 0 Å². The maximum Gasteiger partial charge on any atom is 0.233 e. The summed E-state index contributed by atoms with van der Waals surface area (Å²) >= 11 is 0. The fourth-order valence-corrected chi connectivity index (χ4v) is 3.02. The van der Waals surface area contributed by atoms with Gasteiger partial charge in [0.05, 0.1) is 5.75 Å². The van der Waals surface area contributed by atoms with E-state index in [-0.39, 0.29) is 5.75 Å². The Morgan fingerprint density at radius 3 is 2.50 bits per heavy atom. The summed E-state index contributed by atoms with van der Waals surface area (Å²) in [6.07, 6.45) is 1.49. The normalized spacial score (nSPS) is 11.8. The van der Waals surface area contributed by atoms with Gasteiger partial charge >= 0.3 is 0 Å². The van der Waals surface area contributed by atoms with Crippen molar-refractivity contribution in [3.8, 4) is 0 Å². The second kappa shape index (κ2) is 7.59. The van der Waals surface area contributed by atoms with Crippen molar-refractivity contribution in [3.63, 3.8) is 0 Å². The summed E-state index contributed by atoms with van der Waals surface area (Å²) < 4.78 is 26.4. The van der Waals surface area contributed by atoms with Gasteiger partial charge in [-0.15, -0.1) is 0 Å². The highest BCUT2D eigenvalue weighted by Crippen LogP contribution is 2.11. The van der Waals surface area contributed by atoms with Crippen LogP contribution in [0.5, 0.6) is 0 Å². The molecule has 0 fully saturated rings. The van der Waals surface area contributed by atoms with Crippen LogP contribution in [-0.4, -0.2) is 31.7 Å². The van der Waals surface area contributed by atoms with Crippen molar-refractivity contribution in [2.24, 2.45) is 0 Å². The number of sulfonamides is 1. The number of rotatable bonds is 8. The number of pyridine rings is 1. The van der Waals surface area contributed by atoms with Gasteiger partial charge in [-0.25, -0.2) is 13.4 Å². The predicted octanol–water partition coefficient (Wildman–Crippen LogP) is 2.22. The molecule has 0 unspecified atom stereocenters. The number of nitrogens with one attached hydrogen (secondary N) is 2. The highest BCUT2D eigenvalue weighted by Gasteiger charge is 2.11. The van der Waals surface area contributed by atoms with Crippen LogP contribution < -0.4 is 10.0 Å². The molecule has 0 saturated carbocycles. The molecule has 0 atom stereocenters. The summed E-state index contributed by atoms with van der Waals surface area (Å²) in [5, 5.41) is 3.27. The van der Waals surface area contributed by atoms with Crippen molar-refractivity contribution in [1.29, 1.82) is 0 Å². The van der Waals surface area contributed by atoms with Crippen molar-refractivity contribution >= 4 is 15.8 Å². The first-order valence-electron chi connectivity index (χ1n) is 6.97. The van der Waals surface area contributed by atoms with Crippen molar-refractivity contribution in [2.45, 2.75) is 46.6 Å². The summed E-state index contributed by atoms with van der Waals surface area (Å²) in [6, 6.07) is 4.09. The van der Waals surface area contributed by atoms with Gasteiger partial charge in [0, 0.05) is 11.7 Å². The van der Waals surface area contributed by atoms with E-state index in [0.717, 1.165) is 24.2 Å². The van der Waals surface area contributed by atoms with E-state index in [2.05, 4.69) is 28.9 Å². The summed E-state index contributed by atoms with van der Waals surface area (Å²) in [6.45, 7) is 8.76. The Morgan fingerprint density at radius 1 is 1.20 bits per heavy atom. The van der Waals surface area contributed by atoms with Crippen LogP contribution in [0.4, 0.5) is 5.82 Å². The van der Waals surface area contributed by atoms with Crippen LogP contribution in [0.1, 0.15) is 37.9 Å². The lowest BCUT2D eigenvalue weighted by molar-refractivity contribution is 0.561. The molecule has 114 valence electrons. The van der Waals surface area contributed by atoms with E-state index in [4.69, 9.17) is 0 Å². The fraction of sp³-hybridized carbons (Fsp3) is 0.643. The fourth-order valence-electron chi connectivity index (χ4n) is 1.91. The molecule has 0 bridgehead atoms. The highest BCUT2D eigenvalue weighted by atomic mass is 32.2. The van der Waals surface area contributed by atoms with Gasteiger partial charge in [-0.3, -0.25) is 4.72 Å². The van der Waals surface area contributed by atoms with Crippen LogP contribution in [0.2, 0.25) is 0 Å². The van der Waals surface area contributed by atoms with E-state index < -0.39 is 10.0 Å². The molecule has 2 N–H and O–H groups in total. The third-order valence-corrected chi connectivity index (χ3v) is 4.10. The molecular weight excluding hydrogens is 274 g/mol. The molecule has 1 rings (SSSR count). The van der Waals surface area contributed by atoms with Crippen molar-refractivity contribution < 1.29 is 8.42 Å². The highest BCUT2D eigenvalue weighted by molar-refractivity contribution is 7.92. The maximum absolute atomic E-state index is 11.9. The molecule has 1 aromatic heterocycles. The van der Waals surface area contributed by atoms with Crippen molar-refractivity contribution in [3.05, 3.63) is 23.4 Å². The van der Waals surface area contributed by atoms with Gasteiger partial charge in [0.1, 0.15) is 5.82 Å². The molecule has 0 amide bonds. The smallest absolute Gasteiger partial charge is 0.233 e. The minimum atomic E-state index is -3.31. The summed E-state index contributed by atoms with van der Waals surface area (Å²) in [7, 11) is -3.31. The largest absolute Gasteiger partial charge is 0.315 e. The van der Waals surface area contributed by atoms with Crippen LogP contribution in [0.3, 0.4) is 0 Å². The number of unbranched alkanes of at least 4 members (excludes halogenated alkanes) is 1. The van der Waals surface area contributed by atoms with E-state index in [1.807, 2.05) is 19.9 Å². The Kier molecular flexibility index (Phi) is 6.42. The van der Waals surface area contributed by atoms with Crippen LogP contribution in [0.15, 0.2) is 12.1 Å². The Hall–Kier alpha value is -1.14. The van der Waals surface area contributed by atoms with Gasteiger partial charge in [-0.1, -0.05) is 13.8 Å². The third-order valence-electron chi connectivity index (χ3n) is 2.75. The molecule has 0 aliphatic rings. The van der Waals surface area contributed by atoms with E-state index in [0.29, 0.717) is 18.3 Å². The zero-order valence-electron chi connectivity index (χ0n) is 12.7. The molecule has 20 heavy (non-hydrogen) atoms. The zero-order valence-corrected chi connectivity index (χ0v) is 13.5. The molecule has 1 heterocycles. The molecule has 0 spiro atoms. The standard InChI is InChI=1S/C14H25N3O2S/c1-11(2)15-7-5-6-8-20(18,19)17-14-10-12(3)9-13(4)16-14/h9-11,15H,5-8H2,1-4H3,(H,16,17). The predicted molar refractivity (Wildman–Crippen MR) is 83.5 cm³/mol. The number of hydrogen-bond donors (Lipinski definition) is 2. The number of anilines is 1. The summed E-state index contributed by atoms with van der Waals surface area (Å²) in [5.74, 6) is 0.532. The first-order chi connectivity index (χ1) is 9.28. The van der Waals surface area contributed by atoms with Gasteiger partial charge < -0.3 is 5.32 Å². The Labute approximate surface area is 122 Å². The van der Waals surface area contributed by atoms with Crippen molar-refractivity contribution in [2.75, 3.05) is 17.0 Å². The maximum atomic E-state index is 11.9. The van der Waals surface area contributed by atoms with Gasteiger partial charge in [0.2, 0.25) is 10.0 Å². The molecular formula is C14H25N3O2S. The molecule has 0 saturated heterocycles. The average molecular weight is 299 g/mol. The van der Waals surface area contributed by atoms with Gasteiger partial charge in [0.25, 0.3) is 0 Å². The van der Waals surface area contributed by atoms with Gasteiger partial charge in [0.15, 0.2) is 0 Å². The lowest BCUT2D eigenvalue weighted by Gasteiger charge is -2.10. The minimum Gasteiger partial charge on any atom is -0.315 e. The first kappa shape index (κ1) is 16.9. The quantitative estimate of drug-likeness (QED) is 0.722. The Bertz CT molecular complexity index is 507. The topological polar surface area (TPSA) is 71.1 Å². The number of nitrogens with zero attached hydrogens (tertiary/aromatic N) is 1. The van der Waals surface area contributed by atoms with Crippen LogP contribution >= 0.6 is 0 Å². The lowest BCUT2D eigenvalue weighted by Crippen LogP contribution is -2.24. The third kappa shape index (κ3) is 6.86. The number of aromatic nitrogens is 1. The average Bonchev–Trinajstić information content (AvgIpc) is 2.25.